The molecular formula is C19H27N3O5. The second-order valence-electron chi connectivity index (χ2n) is 6.75. The second kappa shape index (κ2) is 8.58. The lowest BCUT2D eigenvalue weighted by atomic mass is 9.96. The lowest BCUT2D eigenvalue weighted by Crippen LogP contribution is -2.37. The number of aliphatic hydroxyl groups excluding tert-OH is 1. The Labute approximate surface area is 158 Å². The Kier molecular flexibility index (Phi) is 6.18. The quantitative estimate of drug-likeness (QED) is 0.774. The van der Waals surface area contributed by atoms with Crippen molar-refractivity contribution < 1.29 is 19.3 Å². The summed E-state index contributed by atoms with van der Waals surface area (Å²) in [4.78, 5) is 19.7. The van der Waals surface area contributed by atoms with Crippen molar-refractivity contribution in [2.45, 2.75) is 19.4 Å². The van der Waals surface area contributed by atoms with Gasteiger partial charge in [0.1, 0.15) is 5.52 Å². The maximum Gasteiger partial charge on any atom is 0.261 e. The van der Waals surface area contributed by atoms with E-state index in [1.807, 2.05) is 0 Å². The highest BCUT2D eigenvalue weighted by molar-refractivity contribution is 5.89. The number of fused-ring (bicyclic) bond motifs is 1. The number of aliphatic hydroxyl groups is 1. The van der Waals surface area contributed by atoms with Gasteiger partial charge >= 0.3 is 0 Å². The van der Waals surface area contributed by atoms with E-state index in [9.17, 15) is 4.79 Å². The summed E-state index contributed by atoms with van der Waals surface area (Å²) in [6, 6.07) is 1.66. The summed E-state index contributed by atoms with van der Waals surface area (Å²) < 4.78 is 17.8. The smallest absolute Gasteiger partial charge is 0.261 e. The third-order valence-corrected chi connectivity index (χ3v) is 5.20. The minimum absolute atomic E-state index is 0.114. The van der Waals surface area contributed by atoms with Crippen molar-refractivity contribution in [1.29, 1.82) is 0 Å². The van der Waals surface area contributed by atoms with Gasteiger partial charge < -0.3 is 24.2 Å². The van der Waals surface area contributed by atoms with E-state index in [0.717, 1.165) is 25.9 Å². The van der Waals surface area contributed by atoms with E-state index in [1.54, 1.807) is 17.0 Å². The topological polar surface area (TPSA) is 86.1 Å². The number of likely N-dealkylation sites (tertiary alicyclic amines) is 1. The first kappa shape index (κ1) is 19.4. The molecular weight excluding hydrogens is 350 g/mol. The van der Waals surface area contributed by atoms with Crippen LogP contribution < -0.4 is 19.8 Å². The van der Waals surface area contributed by atoms with E-state index >= 15 is 0 Å². The van der Waals surface area contributed by atoms with Gasteiger partial charge in [0.05, 0.1) is 39.6 Å². The largest absolute Gasteiger partial charge is 0.493 e. The predicted molar refractivity (Wildman–Crippen MR) is 102 cm³/mol. The van der Waals surface area contributed by atoms with Gasteiger partial charge in [-0.25, -0.2) is 4.98 Å². The molecule has 1 N–H and O–H groups in total. The monoisotopic (exact) mass is 377 g/mol. The van der Waals surface area contributed by atoms with Crippen LogP contribution in [0.2, 0.25) is 0 Å². The molecule has 8 nitrogen and oxygen atoms in total. The minimum Gasteiger partial charge on any atom is -0.493 e. The van der Waals surface area contributed by atoms with Crippen LogP contribution in [0.4, 0.5) is 0 Å². The molecule has 3 rings (SSSR count). The molecule has 0 atom stereocenters. The number of rotatable bonds is 7. The Balaban J connectivity index is 1.90. The number of nitrogens with zero attached hydrogens (tertiary/aromatic N) is 3. The first-order valence-corrected chi connectivity index (χ1v) is 9.14. The summed E-state index contributed by atoms with van der Waals surface area (Å²) in [6.07, 6.45) is 3.58. The SMILES string of the molecule is COc1cc2c(=O)n(CC3CCN(CCO)CC3)cnc2c(OC)c1OC. The molecule has 1 aliphatic rings. The molecule has 27 heavy (non-hydrogen) atoms. The van der Waals surface area contributed by atoms with Gasteiger partial charge in [0.2, 0.25) is 5.75 Å². The molecule has 8 heteroatoms. The summed E-state index contributed by atoms with van der Waals surface area (Å²) in [5, 5.41) is 9.50. The number of β-amino-alcohol motifs (C(OH)–C–C–N with tert-alkyl or cyclic N) is 1. The molecule has 2 aromatic rings. The van der Waals surface area contributed by atoms with Crippen molar-refractivity contribution in [1.82, 2.24) is 14.5 Å². The minimum atomic E-state index is -0.114. The molecule has 148 valence electrons. The van der Waals surface area contributed by atoms with Crippen LogP contribution in [0.5, 0.6) is 17.2 Å². The highest BCUT2D eigenvalue weighted by Gasteiger charge is 2.22. The number of ether oxygens (including phenoxy) is 3. The van der Waals surface area contributed by atoms with Crippen LogP contribution in [-0.4, -0.2) is 67.1 Å². The third kappa shape index (κ3) is 3.86. The van der Waals surface area contributed by atoms with Crippen molar-refractivity contribution in [2.75, 3.05) is 47.6 Å². The van der Waals surface area contributed by atoms with Gasteiger partial charge in [0.25, 0.3) is 5.56 Å². The Hall–Kier alpha value is -2.32. The Morgan fingerprint density at radius 1 is 1.15 bits per heavy atom. The van der Waals surface area contributed by atoms with Crippen LogP contribution in [0.1, 0.15) is 12.8 Å². The Morgan fingerprint density at radius 3 is 2.44 bits per heavy atom. The van der Waals surface area contributed by atoms with Crippen molar-refractivity contribution in [3.63, 3.8) is 0 Å². The summed E-state index contributed by atoms with van der Waals surface area (Å²) >= 11 is 0. The summed E-state index contributed by atoms with van der Waals surface area (Å²) in [5.41, 5.74) is 0.353. The first-order valence-electron chi connectivity index (χ1n) is 9.14. The van der Waals surface area contributed by atoms with Gasteiger partial charge in [0.15, 0.2) is 11.5 Å². The Bertz CT molecular complexity index is 843. The van der Waals surface area contributed by atoms with Crippen molar-refractivity contribution >= 4 is 10.9 Å². The van der Waals surface area contributed by atoms with E-state index in [2.05, 4.69) is 9.88 Å². The van der Waals surface area contributed by atoms with Gasteiger partial charge in [-0.2, -0.15) is 0 Å². The molecule has 1 aromatic carbocycles. The average molecular weight is 377 g/mol. The van der Waals surface area contributed by atoms with Gasteiger partial charge in [-0.05, 0) is 37.9 Å². The highest BCUT2D eigenvalue weighted by atomic mass is 16.5. The molecule has 1 fully saturated rings. The lowest BCUT2D eigenvalue weighted by molar-refractivity contribution is 0.141. The highest BCUT2D eigenvalue weighted by Crippen LogP contribution is 2.41. The summed E-state index contributed by atoms with van der Waals surface area (Å²) in [7, 11) is 4.57. The molecule has 0 amide bonds. The number of piperidine rings is 1. The summed E-state index contributed by atoms with van der Waals surface area (Å²) in [5.74, 6) is 1.68. The fraction of sp³-hybridized carbons (Fsp3) is 0.579. The van der Waals surface area contributed by atoms with Gasteiger partial charge in [-0.3, -0.25) is 9.36 Å². The molecule has 0 saturated carbocycles. The number of methoxy groups -OCH3 is 3. The summed E-state index contributed by atoms with van der Waals surface area (Å²) in [6.45, 7) is 3.42. The maximum absolute atomic E-state index is 13.0. The molecule has 0 aliphatic carbocycles. The number of aromatic nitrogens is 2. The zero-order chi connectivity index (χ0) is 19.4. The van der Waals surface area contributed by atoms with Crippen LogP contribution in [0, 0.1) is 5.92 Å². The van der Waals surface area contributed by atoms with E-state index < -0.39 is 0 Å². The fourth-order valence-electron chi connectivity index (χ4n) is 3.71. The van der Waals surface area contributed by atoms with Gasteiger partial charge in [-0.1, -0.05) is 0 Å². The van der Waals surface area contributed by atoms with Crippen LogP contribution in [-0.2, 0) is 6.54 Å². The molecule has 1 saturated heterocycles. The molecule has 0 unspecified atom stereocenters. The molecule has 2 heterocycles. The van der Waals surface area contributed by atoms with Crippen molar-refractivity contribution in [2.24, 2.45) is 5.92 Å². The first-order chi connectivity index (χ1) is 13.1. The molecule has 0 radical (unpaired) electrons. The van der Waals surface area contributed by atoms with E-state index in [1.165, 1.54) is 21.3 Å². The van der Waals surface area contributed by atoms with Gasteiger partial charge in [0, 0.05) is 13.1 Å². The van der Waals surface area contributed by atoms with E-state index in [4.69, 9.17) is 19.3 Å². The van der Waals surface area contributed by atoms with Crippen LogP contribution >= 0.6 is 0 Å². The lowest BCUT2D eigenvalue weighted by Gasteiger charge is -2.31. The predicted octanol–water partition coefficient (Wildman–Crippen LogP) is 1.13. The zero-order valence-electron chi connectivity index (χ0n) is 16.1. The standard InChI is InChI=1S/C19H27N3O5/c1-25-15-10-14-16(18(27-3)17(15)26-2)20-12-22(19(14)24)11-13-4-6-21(7-5-13)8-9-23/h10,12-13,23H,4-9,11H2,1-3H3. The van der Waals surface area contributed by atoms with Crippen molar-refractivity contribution in [3.8, 4) is 17.2 Å². The van der Waals surface area contributed by atoms with E-state index in [0.29, 0.717) is 47.2 Å². The van der Waals surface area contributed by atoms with Gasteiger partial charge in [-0.15, -0.1) is 0 Å². The molecule has 1 aliphatic heterocycles. The maximum atomic E-state index is 13.0. The number of benzene rings is 1. The second-order valence-corrected chi connectivity index (χ2v) is 6.75. The molecule has 1 aromatic heterocycles. The van der Waals surface area contributed by atoms with Crippen LogP contribution in [0.3, 0.4) is 0 Å². The Morgan fingerprint density at radius 2 is 1.85 bits per heavy atom. The average Bonchev–Trinajstić information content (AvgIpc) is 2.70. The third-order valence-electron chi connectivity index (χ3n) is 5.20. The molecule has 0 spiro atoms. The normalized spacial score (nSPS) is 15.9. The zero-order valence-corrected chi connectivity index (χ0v) is 16.1. The van der Waals surface area contributed by atoms with E-state index in [-0.39, 0.29) is 12.2 Å². The molecule has 0 bridgehead atoms. The van der Waals surface area contributed by atoms with Crippen molar-refractivity contribution in [3.05, 3.63) is 22.7 Å². The number of hydrogen-bond acceptors (Lipinski definition) is 7. The fourth-order valence-corrected chi connectivity index (χ4v) is 3.71. The van der Waals surface area contributed by atoms with Crippen LogP contribution in [0.25, 0.3) is 10.9 Å². The number of hydrogen-bond donors (Lipinski definition) is 1. The van der Waals surface area contributed by atoms with Crippen LogP contribution in [0.15, 0.2) is 17.2 Å².